The molecule has 0 spiro atoms. The van der Waals surface area contributed by atoms with Crippen LogP contribution in [0.2, 0.25) is 0 Å². The van der Waals surface area contributed by atoms with Gasteiger partial charge in [0, 0.05) is 5.25 Å². The molecule has 0 unspecified atom stereocenters. The summed E-state index contributed by atoms with van der Waals surface area (Å²) in [6.45, 7) is 3.59. The third kappa shape index (κ3) is 18.1. The van der Waals surface area contributed by atoms with E-state index in [1.165, 1.54) is 0 Å². The van der Waals surface area contributed by atoms with E-state index in [4.69, 9.17) is 0 Å². The van der Waals surface area contributed by atoms with Gasteiger partial charge in [-0.1, -0.05) is 13.8 Å². The van der Waals surface area contributed by atoms with Crippen molar-refractivity contribution in [3.63, 3.8) is 0 Å². The molecule has 0 aromatic heterocycles. The molecule has 0 aromatic rings. The monoisotopic (exact) mass is 248 g/mol. The summed E-state index contributed by atoms with van der Waals surface area (Å²) in [5.74, 6) is 0. The number of hydrogen-bond acceptors (Lipinski definition) is 4. The SMILES string of the molecule is CC(C)SP([O-])([O-])=S.[K+].[K+]. The van der Waals surface area contributed by atoms with Crippen molar-refractivity contribution in [3.05, 3.63) is 0 Å². The summed E-state index contributed by atoms with van der Waals surface area (Å²) in [6, 6.07) is 0. The Kier molecular flexibility index (Phi) is 19.2. The van der Waals surface area contributed by atoms with Crippen molar-refractivity contribution in [1.82, 2.24) is 0 Å². The second-order valence-electron chi connectivity index (χ2n) is 1.60. The van der Waals surface area contributed by atoms with Gasteiger partial charge in [-0.3, -0.25) is 0 Å². The maximum Gasteiger partial charge on any atom is 1.00 e. The molecule has 0 saturated carbocycles. The van der Waals surface area contributed by atoms with E-state index in [0.717, 1.165) is 11.4 Å². The molecule has 0 aromatic carbocycles. The van der Waals surface area contributed by atoms with Crippen molar-refractivity contribution in [2.75, 3.05) is 0 Å². The maximum absolute atomic E-state index is 10.2. The number of rotatable bonds is 2. The van der Waals surface area contributed by atoms with Crippen molar-refractivity contribution in [3.8, 4) is 0 Å². The van der Waals surface area contributed by atoms with Crippen LogP contribution in [0.1, 0.15) is 13.8 Å². The average molecular weight is 248 g/mol. The van der Waals surface area contributed by atoms with Crippen LogP contribution in [0.3, 0.4) is 0 Å². The van der Waals surface area contributed by atoms with Crippen LogP contribution in [0.15, 0.2) is 0 Å². The summed E-state index contributed by atoms with van der Waals surface area (Å²) in [4.78, 5) is 20.5. The summed E-state index contributed by atoms with van der Waals surface area (Å²) in [7, 11) is 0. The summed E-state index contributed by atoms with van der Waals surface area (Å²) >= 11 is 4.95. The predicted molar refractivity (Wildman–Crippen MR) is 37.0 cm³/mol. The molecule has 0 aliphatic carbocycles. The van der Waals surface area contributed by atoms with Crippen LogP contribution >= 0.6 is 17.1 Å². The van der Waals surface area contributed by atoms with E-state index in [1.54, 1.807) is 13.8 Å². The molecule has 0 N–H and O–H groups in total. The summed E-state index contributed by atoms with van der Waals surface area (Å²) in [5.41, 5.74) is -3.47. The van der Waals surface area contributed by atoms with Gasteiger partial charge in [0.1, 0.15) is 0 Å². The molecule has 0 amide bonds. The van der Waals surface area contributed by atoms with Crippen LogP contribution in [0.25, 0.3) is 0 Å². The smallest absolute Gasteiger partial charge is 0.825 e. The normalized spacial score (nSPS) is 10.1. The van der Waals surface area contributed by atoms with E-state index >= 15 is 0 Å². The van der Waals surface area contributed by atoms with E-state index in [1.807, 2.05) is 0 Å². The zero-order valence-corrected chi connectivity index (χ0v) is 15.4. The van der Waals surface area contributed by atoms with Crippen molar-refractivity contribution in [2.24, 2.45) is 0 Å². The topological polar surface area (TPSA) is 46.1 Å². The van der Waals surface area contributed by atoms with Gasteiger partial charge in [-0.25, -0.2) is 0 Å². The molecule has 0 fully saturated rings. The summed E-state index contributed by atoms with van der Waals surface area (Å²) < 4.78 is 0. The van der Waals surface area contributed by atoms with Crippen LogP contribution in [0.4, 0.5) is 0 Å². The van der Waals surface area contributed by atoms with Gasteiger partial charge in [-0.05, 0) is 0 Å². The minimum atomic E-state index is -3.47. The molecular formula is C3H7K2O2PS2. The average Bonchev–Trinajstić information content (AvgIpc) is 1.21. The molecule has 10 heavy (non-hydrogen) atoms. The number of hydrogen-bond donors (Lipinski definition) is 0. The molecule has 0 aliphatic rings. The zero-order chi connectivity index (χ0) is 6.78. The van der Waals surface area contributed by atoms with E-state index in [2.05, 4.69) is 11.8 Å². The molecule has 0 heterocycles. The van der Waals surface area contributed by atoms with Gasteiger partial charge < -0.3 is 9.79 Å². The summed E-state index contributed by atoms with van der Waals surface area (Å²) in [5, 5.41) is 0.0795. The molecule has 0 rings (SSSR count). The molecule has 0 saturated heterocycles. The van der Waals surface area contributed by atoms with Gasteiger partial charge in [0.25, 0.3) is 0 Å². The Morgan fingerprint density at radius 1 is 1.30 bits per heavy atom. The summed E-state index contributed by atoms with van der Waals surface area (Å²) in [6.07, 6.45) is 0. The molecule has 0 bridgehead atoms. The Morgan fingerprint density at radius 3 is 1.60 bits per heavy atom. The second-order valence-corrected chi connectivity index (χ2v) is 7.86. The van der Waals surface area contributed by atoms with Gasteiger partial charge in [-0.15, -0.1) is 11.8 Å². The third-order valence-corrected chi connectivity index (χ3v) is 3.83. The predicted octanol–water partition coefficient (Wildman–Crippen LogP) is -5.92. The van der Waals surface area contributed by atoms with Gasteiger partial charge >= 0.3 is 103 Å². The van der Waals surface area contributed by atoms with Crippen molar-refractivity contribution >= 4 is 28.9 Å². The van der Waals surface area contributed by atoms with E-state index in [-0.39, 0.29) is 108 Å². The van der Waals surface area contributed by atoms with Crippen molar-refractivity contribution in [2.45, 2.75) is 19.1 Å². The molecule has 0 aliphatic heterocycles. The molecule has 0 atom stereocenters. The minimum Gasteiger partial charge on any atom is -0.825 e. The first kappa shape index (κ1) is 19.7. The van der Waals surface area contributed by atoms with Gasteiger partial charge in [0.05, 0.1) is 0 Å². The van der Waals surface area contributed by atoms with E-state index < -0.39 is 5.69 Å². The second kappa shape index (κ2) is 9.74. The van der Waals surface area contributed by atoms with Gasteiger partial charge in [-0.2, -0.15) is 17.1 Å². The quantitative estimate of drug-likeness (QED) is 0.361. The Hall–Kier alpha value is 4.19. The van der Waals surface area contributed by atoms with Crippen molar-refractivity contribution in [1.29, 1.82) is 0 Å². The van der Waals surface area contributed by atoms with Crippen LogP contribution in [0, 0.1) is 0 Å². The van der Waals surface area contributed by atoms with Crippen LogP contribution in [-0.2, 0) is 11.8 Å². The van der Waals surface area contributed by atoms with Gasteiger partial charge in [0.2, 0.25) is 0 Å². The molecular weight excluding hydrogens is 241 g/mol. The molecule has 50 valence electrons. The first-order valence-electron chi connectivity index (χ1n) is 2.12. The van der Waals surface area contributed by atoms with Gasteiger partial charge in [0.15, 0.2) is 0 Å². The van der Waals surface area contributed by atoms with Crippen LogP contribution in [-0.4, -0.2) is 5.25 Å². The standard InChI is InChI=1S/C3H9O2PS2.2K/c1-3(2)8-6(4,5)7;;/h3H,1-2H3,(H2,4,5,7);;/q;2*+1/p-2. The minimum absolute atomic E-state index is 0. The van der Waals surface area contributed by atoms with Crippen molar-refractivity contribution < 1.29 is 113 Å². The first-order chi connectivity index (χ1) is 3.42. The fourth-order valence-corrected chi connectivity index (χ4v) is 3.87. The first-order valence-corrected chi connectivity index (χ1v) is 6.24. The van der Waals surface area contributed by atoms with Crippen LogP contribution in [0.5, 0.6) is 0 Å². The molecule has 2 nitrogen and oxygen atoms in total. The fraction of sp³-hybridized carbons (Fsp3) is 1.00. The Balaban J connectivity index is -0.000000245. The molecule has 7 heteroatoms. The zero-order valence-electron chi connectivity index (χ0n) is 6.66. The Bertz CT molecular complexity index is 115. The van der Waals surface area contributed by atoms with Crippen LogP contribution < -0.4 is 113 Å². The Morgan fingerprint density at radius 2 is 1.60 bits per heavy atom. The van der Waals surface area contributed by atoms with E-state index in [0.29, 0.717) is 0 Å². The Labute approximate surface area is 156 Å². The van der Waals surface area contributed by atoms with E-state index in [9.17, 15) is 9.79 Å². The molecule has 0 radical (unpaired) electrons. The third-order valence-electron chi connectivity index (χ3n) is 0.340. The maximum atomic E-state index is 10.2. The fourth-order valence-electron chi connectivity index (χ4n) is 0.258. The largest absolute Gasteiger partial charge is 1.00 e.